The Bertz CT molecular complexity index is 719. The number of hydrogen-bond acceptors (Lipinski definition) is 3. The molecule has 0 aliphatic carbocycles. The number of aromatic nitrogens is 1. The minimum atomic E-state index is 0.684. The summed E-state index contributed by atoms with van der Waals surface area (Å²) in [4.78, 5) is 4.72. The Morgan fingerprint density at radius 3 is 2.33 bits per heavy atom. The highest BCUT2D eigenvalue weighted by Crippen LogP contribution is 2.30. The number of halogens is 1. The molecule has 3 aromatic rings. The van der Waals surface area contributed by atoms with Crippen molar-refractivity contribution in [1.82, 2.24) is 4.98 Å². The molecule has 3 rings (SSSR count). The average Bonchev–Trinajstić information content (AvgIpc) is 2.99. The number of nitrogens with zero attached hydrogens (tertiary/aromatic N) is 1. The highest BCUT2D eigenvalue weighted by Gasteiger charge is 2.07. The first-order chi connectivity index (χ1) is 10.3. The molecule has 0 saturated heterocycles. The molecule has 4 heteroatoms. The summed E-state index contributed by atoms with van der Waals surface area (Å²) in [6.07, 6.45) is 0. The van der Waals surface area contributed by atoms with E-state index >= 15 is 0 Å². The molecule has 21 heavy (non-hydrogen) atoms. The van der Waals surface area contributed by atoms with Crippen LogP contribution < -0.4 is 4.74 Å². The summed E-state index contributed by atoms with van der Waals surface area (Å²) in [6, 6.07) is 16.3. The van der Waals surface area contributed by atoms with E-state index in [2.05, 4.69) is 33.4 Å². The summed E-state index contributed by atoms with van der Waals surface area (Å²) in [6.45, 7) is 2.67. The fourth-order valence-corrected chi connectivity index (χ4v) is 3.12. The normalized spacial score (nSPS) is 10.6. The van der Waals surface area contributed by atoms with Crippen LogP contribution in [0, 0.1) is 0 Å². The van der Waals surface area contributed by atoms with Crippen LogP contribution in [0.4, 0.5) is 0 Å². The van der Waals surface area contributed by atoms with E-state index in [0.717, 1.165) is 32.1 Å². The molecule has 0 aliphatic rings. The second-order valence-corrected chi connectivity index (χ2v) is 6.28. The predicted octanol–water partition coefficient (Wildman–Crippen LogP) is 5.64. The van der Waals surface area contributed by atoms with Crippen molar-refractivity contribution in [1.29, 1.82) is 0 Å². The predicted molar refractivity (Wildman–Crippen MR) is 91.9 cm³/mol. The summed E-state index contributed by atoms with van der Waals surface area (Å²) in [5, 5.41) is 3.12. The lowest BCUT2D eigenvalue weighted by Crippen LogP contribution is -1.90. The monoisotopic (exact) mass is 359 g/mol. The molecule has 0 fully saturated rings. The number of rotatable bonds is 4. The van der Waals surface area contributed by atoms with Crippen LogP contribution in [0.2, 0.25) is 0 Å². The molecule has 1 aromatic heterocycles. The van der Waals surface area contributed by atoms with Gasteiger partial charge in [-0.15, -0.1) is 11.3 Å². The van der Waals surface area contributed by atoms with E-state index in [1.165, 1.54) is 0 Å². The summed E-state index contributed by atoms with van der Waals surface area (Å²) in [7, 11) is 0. The van der Waals surface area contributed by atoms with Crippen LogP contribution in [0.3, 0.4) is 0 Å². The zero-order chi connectivity index (χ0) is 14.7. The van der Waals surface area contributed by atoms with Gasteiger partial charge in [0, 0.05) is 21.0 Å². The minimum absolute atomic E-state index is 0.684. The van der Waals surface area contributed by atoms with E-state index in [1.54, 1.807) is 11.3 Å². The Morgan fingerprint density at radius 1 is 1.00 bits per heavy atom. The van der Waals surface area contributed by atoms with Crippen LogP contribution >= 0.6 is 27.3 Å². The maximum Gasteiger partial charge on any atom is 0.124 e. The first kappa shape index (κ1) is 14.3. The van der Waals surface area contributed by atoms with Crippen molar-refractivity contribution >= 4 is 27.3 Å². The zero-order valence-corrected chi connectivity index (χ0v) is 13.9. The molecule has 1 heterocycles. The third kappa shape index (κ3) is 3.34. The maximum absolute atomic E-state index is 5.46. The lowest BCUT2D eigenvalue weighted by atomic mass is 10.1. The second kappa shape index (κ2) is 6.41. The fourth-order valence-electron chi connectivity index (χ4n) is 2.02. The van der Waals surface area contributed by atoms with Gasteiger partial charge in [-0.2, -0.15) is 0 Å². The molecule has 0 unspecified atom stereocenters. The van der Waals surface area contributed by atoms with Gasteiger partial charge in [0.15, 0.2) is 0 Å². The first-order valence-electron chi connectivity index (χ1n) is 6.71. The van der Waals surface area contributed by atoms with Crippen LogP contribution in [-0.4, -0.2) is 11.6 Å². The van der Waals surface area contributed by atoms with Gasteiger partial charge < -0.3 is 4.74 Å². The number of hydrogen-bond donors (Lipinski definition) is 0. The number of ether oxygens (including phenoxy) is 1. The van der Waals surface area contributed by atoms with Gasteiger partial charge in [0.2, 0.25) is 0 Å². The summed E-state index contributed by atoms with van der Waals surface area (Å²) < 4.78 is 6.54. The van der Waals surface area contributed by atoms with E-state index in [9.17, 15) is 0 Å². The Kier molecular flexibility index (Phi) is 4.36. The molecule has 2 aromatic carbocycles. The standard InChI is InChI=1S/C17H14BrNOS/c1-2-20-15-9-5-12(6-10-15)16-11-21-17(19-16)13-3-7-14(18)8-4-13/h3-11H,2H2,1H3. The Morgan fingerprint density at radius 2 is 1.67 bits per heavy atom. The third-order valence-electron chi connectivity index (χ3n) is 3.06. The van der Waals surface area contributed by atoms with E-state index in [4.69, 9.17) is 9.72 Å². The molecule has 0 bridgehead atoms. The minimum Gasteiger partial charge on any atom is -0.494 e. The lowest BCUT2D eigenvalue weighted by Gasteiger charge is -2.03. The molecule has 0 atom stereocenters. The Labute approximate surface area is 136 Å². The van der Waals surface area contributed by atoms with Gasteiger partial charge >= 0.3 is 0 Å². The van der Waals surface area contributed by atoms with Gasteiger partial charge in [-0.25, -0.2) is 4.98 Å². The van der Waals surface area contributed by atoms with E-state index in [-0.39, 0.29) is 0 Å². The number of benzene rings is 2. The molecule has 0 N–H and O–H groups in total. The quantitative estimate of drug-likeness (QED) is 0.601. The molecular formula is C17H14BrNOS. The van der Waals surface area contributed by atoms with Crippen LogP contribution in [-0.2, 0) is 0 Å². The van der Waals surface area contributed by atoms with Crippen LogP contribution in [0.15, 0.2) is 58.4 Å². The van der Waals surface area contributed by atoms with Crippen LogP contribution in [0.1, 0.15) is 6.92 Å². The summed E-state index contributed by atoms with van der Waals surface area (Å²) in [5.41, 5.74) is 3.25. The molecular weight excluding hydrogens is 346 g/mol. The highest BCUT2D eigenvalue weighted by atomic mass is 79.9. The van der Waals surface area contributed by atoms with Gasteiger partial charge in [-0.1, -0.05) is 28.1 Å². The van der Waals surface area contributed by atoms with Crippen molar-refractivity contribution in [3.63, 3.8) is 0 Å². The molecule has 0 spiro atoms. The van der Waals surface area contributed by atoms with Gasteiger partial charge in [0.05, 0.1) is 12.3 Å². The molecule has 106 valence electrons. The van der Waals surface area contributed by atoms with Crippen molar-refractivity contribution in [2.24, 2.45) is 0 Å². The molecule has 2 nitrogen and oxygen atoms in total. The van der Waals surface area contributed by atoms with Crippen LogP contribution in [0.25, 0.3) is 21.8 Å². The highest BCUT2D eigenvalue weighted by molar-refractivity contribution is 9.10. The molecule has 0 aliphatic heterocycles. The average molecular weight is 360 g/mol. The smallest absolute Gasteiger partial charge is 0.124 e. The second-order valence-electron chi connectivity index (χ2n) is 4.50. The maximum atomic E-state index is 5.46. The van der Waals surface area contributed by atoms with E-state index < -0.39 is 0 Å². The van der Waals surface area contributed by atoms with Crippen molar-refractivity contribution in [2.45, 2.75) is 6.92 Å². The van der Waals surface area contributed by atoms with Crippen LogP contribution in [0.5, 0.6) is 5.75 Å². The van der Waals surface area contributed by atoms with Gasteiger partial charge in [-0.05, 0) is 43.3 Å². The number of thiazole rings is 1. The fraction of sp³-hybridized carbons (Fsp3) is 0.118. The SMILES string of the molecule is CCOc1ccc(-c2csc(-c3ccc(Br)cc3)n2)cc1. The van der Waals surface area contributed by atoms with E-state index in [1.807, 2.05) is 43.3 Å². The largest absolute Gasteiger partial charge is 0.494 e. The summed E-state index contributed by atoms with van der Waals surface area (Å²) in [5.74, 6) is 0.893. The summed E-state index contributed by atoms with van der Waals surface area (Å²) >= 11 is 5.11. The Balaban J connectivity index is 1.85. The van der Waals surface area contributed by atoms with Crippen molar-refractivity contribution in [3.8, 4) is 27.6 Å². The molecule has 0 amide bonds. The van der Waals surface area contributed by atoms with Gasteiger partial charge in [-0.3, -0.25) is 0 Å². The van der Waals surface area contributed by atoms with Gasteiger partial charge in [0.1, 0.15) is 10.8 Å². The lowest BCUT2D eigenvalue weighted by molar-refractivity contribution is 0.340. The van der Waals surface area contributed by atoms with E-state index in [0.29, 0.717) is 6.61 Å². The van der Waals surface area contributed by atoms with Crippen molar-refractivity contribution in [3.05, 3.63) is 58.4 Å². The first-order valence-corrected chi connectivity index (χ1v) is 8.38. The van der Waals surface area contributed by atoms with Gasteiger partial charge in [0.25, 0.3) is 0 Å². The van der Waals surface area contributed by atoms with Crippen molar-refractivity contribution in [2.75, 3.05) is 6.61 Å². The molecule has 0 radical (unpaired) electrons. The van der Waals surface area contributed by atoms with Crippen molar-refractivity contribution < 1.29 is 4.74 Å². The topological polar surface area (TPSA) is 22.1 Å². The third-order valence-corrected chi connectivity index (χ3v) is 4.48. The zero-order valence-electron chi connectivity index (χ0n) is 11.5. The Hall–Kier alpha value is -1.65. The molecule has 0 saturated carbocycles.